The standard InChI is InChI=1S/C19H21N5/c1-3-16-6-4-5-7-17(16)23-19-22-14(2)12-18(24-19)21-13-15-8-10-20-11-9-15/h4-12H,3,13H2,1-2H3,(H2,21,22,23,24). The van der Waals surface area contributed by atoms with Crippen molar-refractivity contribution >= 4 is 17.5 Å². The van der Waals surface area contributed by atoms with E-state index in [1.165, 1.54) is 5.56 Å². The average Bonchev–Trinajstić information content (AvgIpc) is 2.61. The molecule has 5 nitrogen and oxygen atoms in total. The SMILES string of the molecule is CCc1ccccc1Nc1nc(C)cc(NCc2ccncc2)n1. The first kappa shape index (κ1) is 15.9. The van der Waals surface area contributed by atoms with Gasteiger partial charge in [0.15, 0.2) is 0 Å². The molecule has 0 aliphatic heterocycles. The maximum atomic E-state index is 4.57. The molecule has 0 saturated heterocycles. The molecule has 0 amide bonds. The highest BCUT2D eigenvalue weighted by atomic mass is 15.1. The van der Waals surface area contributed by atoms with E-state index in [0.29, 0.717) is 12.5 Å². The minimum Gasteiger partial charge on any atom is -0.366 e. The Labute approximate surface area is 142 Å². The summed E-state index contributed by atoms with van der Waals surface area (Å²) in [6.45, 7) is 4.81. The van der Waals surface area contributed by atoms with Gasteiger partial charge in [-0.05, 0) is 42.7 Å². The van der Waals surface area contributed by atoms with Crippen LogP contribution in [0.15, 0.2) is 54.9 Å². The third-order valence-corrected chi connectivity index (χ3v) is 3.72. The maximum absolute atomic E-state index is 4.57. The summed E-state index contributed by atoms with van der Waals surface area (Å²) in [6, 6.07) is 14.1. The zero-order valence-corrected chi connectivity index (χ0v) is 14.0. The number of hydrogen-bond acceptors (Lipinski definition) is 5. The molecule has 3 aromatic rings. The number of pyridine rings is 1. The fourth-order valence-electron chi connectivity index (χ4n) is 2.48. The Hall–Kier alpha value is -2.95. The molecule has 122 valence electrons. The summed E-state index contributed by atoms with van der Waals surface area (Å²) in [6.07, 6.45) is 4.54. The van der Waals surface area contributed by atoms with Gasteiger partial charge in [-0.3, -0.25) is 4.98 Å². The van der Waals surface area contributed by atoms with Gasteiger partial charge in [-0.2, -0.15) is 4.98 Å². The predicted molar refractivity (Wildman–Crippen MR) is 97.4 cm³/mol. The lowest BCUT2D eigenvalue weighted by atomic mass is 10.1. The summed E-state index contributed by atoms with van der Waals surface area (Å²) in [5.41, 5.74) is 4.37. The van der Waals surface area contributed by atoms with E-state index in [-0.39, 0.29) is 0 Å². The molecule has 0 fully saturated rings. The number of para-hydroxylation sites is 1. The molecule has 0 aliphatic carbocycles. The van der Waals surface area contributed by atoms with E-state index < -0.39 is 0 Å². The first-order chi connectivity index (χ1) is 11.7. The average molecular weight is 319 g/mol. The van der Waals surface area contributed by atoms with Crippen LogP contribution in [0.4, 0.5) is 17.5 Å². The highest BCUT2D eigenvalue weighted by Gasteiger charge is 2.05. The number of anilines is 3. The molecule has 0 atom stereocenters. The Morgan fingerprint density at radius 3 is 2.58 bits per heavy atom. The smallest absolute Gasteiger partial charge is 0.229 e. The minimum absolute atomic E-state index is 0.605. The molecule has 2 N–H and O–H groups in total. The van der Waals surface area contributed by atoms with Crippen molar-refractivity contribution in [2.75, 3.05) is 10.6 Å². The number of nitrogens with zero attached hydrogens (tertiary/aromatic N) is 3. The highest BCUT2D eigenvalue weighted by Crippen LogP contribution is 2.20. The summed E-state index contributed by atoms with van der Waals surface area (Å²) < 4.78 is 0. The van der Waals surface area contributed by atoms with E-state index in [2.05, 4.69) is 44.6 Å². The van der Waals surface area contributed by atoms with Crippen LogP contribution in [0, 0.1) is 6.92 Å². The van der Waals surface area contributed by atoms with Crippen LogP contribution in [0.5, 0.6) is 0 Å². The second kappa shape index (κ2) is 7.55. The molecule has 0 unspecified atom stereocenters. The van der Waals surface area contributed by atoms with Gasteiger partial charge in [0.25, 0.3) is 0 Å². The number of rotatable bonds is 6. The topological polar surface area (TPSA) is 62.7 Å². The van der Waals surface area contributed by atoms with Crippen molar-refractivity contribution in [3.63, 3.8) is 0 Å². The first-order valence-corrected chi connectivity index (χ1v) is 8.08. The molecule has 0 spiro atoms. The van der Waals surface area contributed by atoms with Gasteiger partial charge in [0.1, 0.15) is 5.82 Å². The zero-order chi connectivity index (χ0) is 16.8. The van der Waals surface area contributed by atoms with Crippen LogP contribution >= 0.6 is 0 Å². The summed E-state index contributed by atoms with van der Waals surface area (Å²) in [5, 5.41) is 6.67. The largest absolute Gasteiger partial charge is 0.366 e. The number of benzene rings is 1. The minimum atomic E-state index is 0.605. The van der Waals surface area contributed by atoms with Crippen LogP contribution < -0.4 is 10.6 Å². The molecule has 24 heavy (non-hydrogen) atoms. The van der Waals surface area contributed by atoms with Gasteiger partial charge < -0.3 is 10.6 Å². The van der Waals surface area contributed by atoms with Gasteiger partial charge >= 0.3 is 0 Å². The second-order valence-corrected chi connectivity index (χ2v) is 5.56. The van der Waals surface area contributed by atoms with Crippen LogP contribution in [-0.2, 0) is 13.0 Å². The van der Waals surface area contributed by atoms with Gasteiger partial charge in [-0.25, -0.2) is 4.98 Å². The fraction of sp³-hybridized carbons (Fsp3) is 0.211. The molecule has 0 aliphatic rings. The summed E-state index contributed by atoms with van der Waals surface area (Å²) in [4.78, 5) is 13.1. The van der Waals surface area contributed by atoms with Crippen LogP contribution in [0.2, 0.25) is 0 Å². The van der Waals surface area contributed by atoms with Gasteiger partial charge in [0.05, 0.1) is 0 Å². The van der Waals surface area contributed by atoms with Gasteiger partial charge in [0, 0.05) is 36.4 Å². The third kappa shape index (κ3) is 4.07. The lowest BCUT2D eigenvalue weighted by Gasteiger charge is -2.12. The van der Waals surface area contributed by atoms with Crippen molar-refractivity contribution in [3.05, 3.63) is 71.7 Å². The van der Waals surface area contributed by atoms with Crippen LogP contribution in [0.1, 0.15) is 23.7 Å². The highest BCUT2D eigenvalue weighted by molar-refractivity contribution is 5.59. The van der Waals surface area contributed by atoms with Crippen molar-refractivity contribution in [1.82, 2.24) is 15.0 Å². The summed E-state index contributed by atoms with van der Waals surface area (Å²) in [7, 11) is 0. The van der Waals surface area contributed by atoms with Gasteiger partial charge in [0.2, 0.25) is 5.95 Å². The van der Waals surface area contributed by atoms with E-state index >= 15 is 0 Å². The predicted octanol–water partition coefficient (Wildman–Crippen LogP) is 4.10. The van der Waals surface area contributed by atoms with E-state index in [4.69, 9.17) is 0 Å². The monoisotopic (exact) mass is 319 g/mol. The van der Waals surface area contributed by atoms with Gasteiger partial charge in [-0.15, -0.1) is 0 Å². The molecule has 0 bridgehead atoms. The van der Waals surface area contributed by atoms with Crippen molar-refractivity contribution in [1.29, 1.82) is 0 Å². The molecule has 0 saturated carbocycles. The van der Waals surface area contributed by atoms with Crippen molar-refractivity contribution in [2.45, 2.75) is 26.8 Å². The van der Waals surface area contributed by atoms with Crippen molar-refractivity contribution in [3.8, 4) is 0 Å². The Balaban J connectivity index is 1.76. The van der Waals surface area contributed by atoms with Crippen molar-refractivity contribution in [2.24, 2.45) is 0 Å². The summed E-state index contributed by atoms with van der Waals surface area (Å²) >= 11 is 0. The Morgan fingerprint density at radius 2 is 1.79 bits per heavy atom. The van der Waals surface area contributed by atoms with E-state index in [0.717, 1.165) is 29.2 Å². The third-order valence-electron chi connectivity index (χ3n) is 3.72. The lowest BCUT2D eigenvalue weighted by Crippen LogP contribution is -2.06. The summed E-state index contributed by atoms with van der Waals surface area (Å²) in [5.74, 6) is 1.41. The van der Waals surface area contributed by atoms with E-state index in [1.54, 1.807) is 12.4 Å². The molecule has 2 heterocycles. The maximum Gasteiger partial charge on any atom is 0.229 e. The van der Waals surface area contributed by atoms with Crippen LogP contribution in [-0.4, -0.2) is 15.0 Å². The quantitative estimate of drug-likeness (QED) is 0.716. The van der Waals surface area contributed by atoms with Crippen molar-refractivity contribution < 1.29 is 0 Å². The molecular formula is C19H21N5. The molecule has 5 heteroatoms. The lowest BCUT2D eigenvalue weighted by molar-refractivity contribution is 1.05. The molecule has 3 rings (SSSR count). The molecule has 0 radical (unpaired) electrons. The number of aromatic nitrogens is 3. The Kier molecular flexibility index (Phi) is 5.01. The van der Waals surface area contributed by atoms with E-state index in [1.807, 2.05) is 37.3 Å². The molecular weight excluding hydrogens is 298 g/mol. The van der Waals surface area contributed by atoms with Crippen LogP contribution in [0.3, 0.4) is 0 Å². The molecule has 2 aromatic heterocycles. The first-order valence-electron chi connectivity index (χ1n) is 8.08. The van der Waals surface area contributed by atoms with Gasteiger partial charge in [-0.1, -0.05) is 25.1 Å². The Morgan fingerprint density at radius 1 is 1.00 bits per heavy atom. The molecule has 1 aromatic carbocycles. The number of hydrogen-bond donors (Lipinski definition) is 2. The number of aryl methyl sites for hydroxylation is 2. The number of nitrogens with one attached hydrogen (secondary N) is 2. The van der Waals surface area contributed by atoms with E-state index in [9.17, 15) is 0 Å². The second-order valence-electron chi connectivity index (χ2n) is 5.56. The Bertz CT molecular complexity index is 802. The zero-order valence-electron chi connectivity index (χ0n) is 14.0. The normalized spacial score (nSPS) is 10.4. The van der Waals surface area contributed by atoms with Crippen LogP contribution in [0.25, 0.3) is 0 Å². The fourth-order valence-corrected chi connectivity index (χ4v) is 2.48.